The molecule has 0 aliphatic carbocycles. The molecule has 0 aromatic carbocycles. The second-order valence-electron chi connectivity index (χ2n) is 5.69. The molecule has 2 amide bonds. The first-order chi connectivity index (χ1) is 10.7. The number of nitrogens with one attached hydrogen (secondary N) is 2. The lowest BCUT2D eigenvalue weighted by atomic mass is 10.1. The fraction of sp³-hybridized carbons (Fsp3) is 0.714. The molecule has 0 bridgehead atoms. The van der Waals surface area contributed by atoms with Crippen LogP contribution in [-0.4, -0.2) is 45.8 Å². The van der Waals surface area contributed by atoms with Crippen molar-refractivity contribution >= 4 is 17.8 Å². The van der Waals surface area contributed by atoms with E-state index in [1.807, 2.05) is 6.92 Å². The van der Waals surface area contributed by atoms with Crippen molar-refractivity contribution in [3.8, 4) is 0 Å². The van der Waals surface area contributed by atoms with Gasteiger partial charge in [0.15, 0.2) is 5.82 Å². The Balaban J connectivity index is 1.69. The summed E-state index contributed by atoms with van der Waals surface area (Å²) in [5.41, 5.74) is 0. The number of aryl methyl sites for hydroxylation is 1. The Bertz CT molecular complexity index is 565. The molecule has 1 fully saturated rings. The molecule has 0 unspecified atom stereocenters. The van der Waals surface area contributed by atoms with E-state index >= 15 is 0 Å². The summed E-state index contributed by atoms with van der Waals surface area (Å²) in [5, 5.41) is 9.89. The van der Waals surface area contributed by atoms with Gasteiger partial charge in [0.05, 0.1) is 12.5 Å². The number of anilines is 1. The lowest BCUT2D eigenvalue weighted by molar-refractivity contribution is -0.129. The molecular weight excluding hydrogens is 286 g/mol. The van der Waals surface area contributed by atoms with Crippen molar-refractivity contribution in [2.24, 2.45) is 0 Å². The maximum absolute atomic E-state index is 12.4. The molecule has 1 saturated heterocycles. The Morgan fingerprint density at radius 3 is 3.14 bits per heavy atom. The lowest BCUT2D eigenvalue weighted by Crippen LogP contribution is -2.41. The molecule has 3 rings (SSSR count). The lowest BCUT2D eigenvalue weighted by Gasteiger charge is -2.23. The van der Waals surface area contributed by atoms with Crippen molar-refractivity contribution < 1.29 is 14.3 Å². The number of ether oxygens (including phenoxy) is 1. The first kappa shape index (κ1) is 15.0. The molecule has 120 valence electrons. The SMILES string of the molecule is CCCc1nc2n(n1)[C@H](C(=O)NC[C@H]1CCCO1)CC(=O)N2. The third-order valence-electron chi connectivity index (χ3n) is 3.90. The topological polar surface area (TPSA) is 98.1 Å². The number of aromatic nitrogens is 3. The van der Waals surface area contributed by atoms with Crippen molar-refractivity contribution in [1.29, 1.82) is 0 Å². The standard InChI is InChI=1S/C14H21N5O3/c1-2-4-11-16-14-17-12(20)7-10(19(14)18-11)13(21)15-8-9-5-3-6-22-9/h9-10H,2-8H2,1H3,(H,15,21)(H,16,17,18,20)/t9-,10+/m1/s1. The van der Waals surface area contributed by atoms with Crippen LogP contribution in [0.1, 0.15) is 44.5 Å². The summed E-state index contributed by atoms with van der Waals surface area (Å²) in [5.74, 6) is 0.591. The molecule has 1 aromatic heterocycles. The molecule has 3 heterocycles. The van der Waals surface area contributed by atoms with Crippen LogP contribution < -0.4 is 10.6 Å². The predicted molar refractivity (Wildman–Crippen MR) is 78.3 cm³/mol. The Morgan fingerprint density at radius 1 is 1.55 bits per heavy atom. The predicted octanol–water partition coefficient (Wildman–Crippen LogP) is 0.409. The number of carbonyl (C=O) groups is 2. The van der Waals surface area contributed by atoms with E-state index in [2.05, 4.69) is 20.7 Å². The van der Waals surface area contributed by atoms with E-state index in [0.29, 0.717) is 18.3 Å². The highest BCUT2D eigenvalue weighted by Crippen LogP contribution is 2.23. The van der Waals surface area contributed by atoms with Crippen LogP contribution in [0.2, 0.25) is 0 Å². The van der Waals surface area contributed by atoms with Gasteiger partial charge in [0.25, 0.3) is 0 Å². The smallest absolute Gasteiger partial charge is 0.245 e. The molecule has 2 aliphatic rings. The first-order valence-electron chi connectivity index (χ1n) is 7.82. The number of nitrogens with zero attached hydrogens (tertiary/aromatic N) is 3. The Kier molecular flexibility index (Phi) is 4.37. The van der Waals surface area contributed by atoms with E-state index < -0.39 is 6.04 Å². The molecule has 22 heavy (non-hydrogen) atoms. The van der Waals surface area contributed by atoms with Crippen molar-refractivity contribution in [2.45, 2.75) is 51.2 Å². The van der Waals surface area contributed by atoms with E-state index in [0.717, 1.165) is 32.3 Å². The summed E-state index contributed by atoms with van der Waals surface area (Å²) in [6.45, 7) is 3.26. The minimum atomic E-state index is -0.636. The van der Waals surface area contributed by atoms with Crippen LogP contribution in [0, 0.1) is 0 Å². The maximum atomic E-state index is 12.4. The first-order valence-corrected chi connectivity index (χ1v) is 7.82. The molecule has 2 aliphatic heterocycles. The fourth-order valence-corrected chi connectivity index (χ4v) is 2.78. The van der Waals surface area contributed by atoms with Crippen molar-refractivity contribution in [1.82, 2.24) is 20.1 Å². The van der Waals surface area contributed by atoms with Gasteiger partial charge < -0.3 is 10.1 Å². The third-order valence-corrected chi connectivity index (χ3v) is 3.90. The number of hydrogen-bond acceptors (Lipinski definition) is 5. The molecule has 0 radical (unpaired) electrons. The van der Waals surface area contributed by atoms with Gasteiger partial charge in [0.1, 0.15) is 6.04 Å². The van der Waals surface area contributed by atoms with E-state index in [9.17, 15) is 9.59 Å². The molecule has 8 heteroatoms. The number of rotatable bonds is 5. The summed E-state index contributed by atoms with van der Waals surface area (Å²) in [6, 6.07) is -0.636. The second-order valence-corrected chi connectivity index (χ2v) is 5.69. The zero-order valence-corrected chi connectivity index (χ0v) is 12.7. The number of hydrogen-bond donors (Lipinski definition) is 2. The van der Waals surface area contributed by atoms with Crippen LogP contribution in [0.25, 0.3) is 0 Å². The summed E-state index contributed by atoms with van der Waals surface area (Å²) < 4.78 is 7.01. The van der Waals surface area contributed by atoms with Gasteiger partial charge in [-0.1, -0.05) is 6.92 Å². The average molecular weight is 307 g/mol. The second kappa shape index (κ2) is 6.43. The summed E-state index contributed by atoms with van der Waals surface area (Å²) in [4.78, 5) is 28.4. The Labute approximate surface area is 128 Å². The number of carbonyl (C=O) groups excluding carboxylic acids is 2. The number of amides is 2. The summed E-state index contributed by atoms with van der Waals surface area (Å²) >= 11 is 0. The highest BCUT2D eigenvalue weighted by atomic mass is 16.5. The van der Waals surface area contributed by atoms with Crippen LogP contribution in [-0.2, 0) is 20.7 Å². The molecule has 2 N–H and O–H groups in total. The van der Waals surface area contributed by atoms with Gasteiger partial charge in [-0.15, -0.1) is 0 Å². The van der Waals surface area contributed by atoms with E-state index in [1.54, 1.807) is 0 Å². The maximum Gasteiger partial charge on any atom is 0.245 e. The summed E-state index contributed by atoms with van der Waals surface area (Å²) in [7, 11) is 0. The highest BCUT2D eigenvalue weighted by Gasteiger charge is 2.33. The Morgan fingerprint density at radius 2 is 2.41 bits per heavy atom. The van der Waals surface area contributed by atoms with Crippen LogP contribution in [0.4, 0.5) is 5.95 Å². The molecule has 0 saturated carbocycles. The van der Waals surface area contributed by atoms with Gasteiger partial charge in [0.2, 0.25) is 17.8 Å². The molecule has 8 nitrogen and oxygen atoms in total. The van der Waals surface area contributed by atoms with Crippen molar-refractivity contribution in [3.63, 3.8) is 0 Å². The monoisotopic (exact) mass is 307 g/mol. The molecule has 1 aromatic rings. The van der Waals surface area contributed by atoms with Crippen molar-refractivity contribution in [2.75, 3.05) is 18.5 Å². The number of fused-ring (bicyclic) bond motifs is 1. The van der Waals surface area contributed by atoms with Gasteiger partial charge >= 0.3 is 0 Å². The van der Waals surface area contributed by atoms with Crippen LogP contribution in [0.5, 0.6) is 0 Å². The van der Waals surface area contributed by atoms with E-state index in [-0.39, 0.29) is 24.3 Å². The fourth-order valence-electron chi connectivity index (χ4n) is 2.78. The zero-order valence-electron chi connectivity index (χ0n) is 12.7. The molecule has 2 atom stereocenters. The Hall–Kier alpha value is -1.96. The largest absolute Gasteiger partial charge is 0.376 e. The quantitative estimate of drug-likeness (QED) is 0.821. The van der Waals surface area contributed by atoms with Gasteiger partial charge in [-0.05, 0) is 19.3 Å². The molecule has 0 spiro atoms. The van der Waals surface area contributed by atoms with Crippen LogP contribution in [0.3, 0.4) is 0 Å². The summed E-state index contributed by atoms with van der Waals surface area (Å²) in [6.07, 6.45) is 3.78. The van der Waals surface area contributed by atoms with Crippen LogP contribution >= 0.6 is 0 Å². The van der Waals surface area contributed by atoms with E-state index in [1.165, 1.54) is 4.68 Å². The highest BCUT2D eigenvalue weighted by molar-refractivity contribution is 5.96. The molecular formula is C14H21N5O3. The average Bonchev–Trinajstić information content (AvgIpc) is 3.13. The minimum absolute atomic E-state index is 0.0761. The van der Waals surface area contributed by atoms with E-state index in [4.69, 9.17) is 4.74 Å². The minimum Gasteiger partial charge on any atom is -0.376 e. The van der Waals surface area contributed by atoms with Gasteiger partial charge in [-0.3, -0.25) is 14.9 Å². The zero-order chi connectivity index (χ0) is 15.5. The van der Waals surface area contributed by atoms with Gasteiger partial charge in [-0.2, -0.15) is 10.1 Å². The third kappa shape index (κ3) is 3.11. The van der Waals surface area contributed by atoms with Gasteiger partial charge in [-0.25, -0.2) is 4.68 Å². The normalized spacial score (nSPS) is 24.0. The van der Waals surface area contributed by atoms with Crippen molar-refractivity contribution in [3.05, 3.63) is 5.82 Å². The van der Waals surface area contributed by atoms with Gasteiger partial charge in [0, 0.05) is 19.6 Å². The van der Waals surface area contributed by atoms with Crippen LogP contribution in [0.15, 0.2) is 0 Å².